The zero-order chi connectivity index (χ0) is 32.1. The fraction of sp³-hybridized carbons (Fsp3) is 0. The first-order valence-corrected chi connectivity index (χ1v) is 16.9. The monoisotopic (exact) mass is 620 g/mol. The first-order valence-electron chi connectivity index (χ1n) is 16.9. The molecule has 0 fully saturated rings. The maximum absolute atomic E-state index is 6.30. The summed E-state index contributed by atoms with van der Waals surface area (Å²) in [7, 11) is 0. The van der Waals surface area contributed by atoms with Crippen LogP contribution in [0.4, 0.5) is 0 Å². The Morgan fingerprint density at radius 3 is 1.55 bits per heavy atom. The zero-order valence-corrected chi connectivity index (χ0v) is 26.6. The first kappa shape index (κ1) is 26.6. The van der Waals surface area contributed by atoms with E-state index in [2.05, 4.69) is 158 Å². The Hall–Kier alpha value is -6.44. The van der Waals surface area contributed by atoms with E-state index < -0.39 is 0 Å². The average molecular weight is 621 g/mol. The maximum Gasteiger partial charge on any atom is 0.136 e. The minimum Gasteiger partial charge on any atom is -0.456 e. The van der Waals surface area contributed by atoms with Gasteiger partial charge in [0.25, 0.3) is 0 Å². The number of furan rings is 1. The quantitative estimate of drug-likeness (QED) is 0.141. The molecular formula is C48H28O. The van der Waals surface area contributed by atoms with Crippen LogP contribution < -0.4 is 0 Å². The van der Waals surface area contributed by atoms with Crippen LogP contribution in [-0.2, 0) is 0 Å². The Kier molecular flexibility index (Phi) is 5.45. The molecule has 0 saturated heterocycles. The third kappa shape index (κ3) is 3.94. The molecule has 0 aliphatic rings. The molecule has 11 rings (SSSR count). The van der Waals surface area contributed by atoms with Crippen molar-refractivity contribution in [2.45, 2.75) is 0 Å². The van der Waals surface area contributed by atoms with E-state index in [-0.39, 0.29) is 0 Å². The van der Waals surface area contributed by atoms with Gasteiger partial charge in [-0.2, -0.15) is 0 Å². The highest BCUT2D eigenvalue weighted by atomic mass is 16.3. The minimum absolute atomic E-state index is 0.919. The third-order valence-electron chi connectivity index (χ3n) is 10.6. The lowest BCUT2D eigenvalue weighted by molar-refractivity contribution is 0.669. The van der Waals surface area contributed by atoms with Gasteiger partial charge in [0.15, 0.2) is 0 Å². The lowest BCUT2D eigenvalue weighted by atomic mass is 9.86. The summed E-state index contributed by atoms with van der Waals surface area (Å²) in [6.07, 6.45) is 0. The molecule has 226 valence electrons. The summed E-state index contributed by atoms with van der Waals surface area (Å²) >= 11 is 0. The number of hydrogen-bond acceptors (Lipinski definition) is 1. The van der Waals surface area contributed by atoms with Gasteiger partial charge in [0.1, 0.15) is 11.2 Å². The van der Waals surface area contributed by atoms with Crippen molar-refractivity contribution in [1.82, 2.24) is 0 Å². The van der Waals surface area contributed by atoms with Crippen molar-refractivity contribution < 1.29 is 4.42 Å². The van der Waals surface area contributed by atoms with Crippen molar-refractivity contribution in [2.75, 3.05) is 0 Å². The standard InChI is InChI=1S/C48H28O/c1-2-12-37-30(8-1)9-5-14-38(37)31-20-18-29(19-21-31)35-24-33-10-6-15-41-42-16-7-11-34-25-36(27-44(48(34)42)43(26-35)47(33)41)32-22-23-40-39-13-3-4-17-45(39)49-46(40)28-32/h1-28H. The highest BCUT2D eigenvalue weighted by Crippen LogP contribution is 2.44. The Morgan fingerprint density at radius 2 is 0.796 bits per heavy atom. The molecule has 0 aliphatic carbocycles. The molecule has 0 N–H and O–H groups in total. The molecule has 0 bridgehead atoms. The van der Waals surface area contributed by atoms with Crippen LogP contribution in [0, 0.1) is 0 Å². The zero-order valence-electron chi connectivity index (χ0n) is 26.6. The van der Waals surface area contributed by atoms with E-state index in [9.17, 15) is 0 Å². The summed E-state index contributed by atoms with van der Waals surface area (Å²) in [5, 5.41) is 15.2. The van der Waals surface area contributed by atoms with E-state index in [1.54, 1.807) is 0 Å². The predicted octanol–water partition coefficient (Wildman–Crippen LogP) is 13.8. The molecule has 11 aromatic rings. The van der Waals surface area contributed by atoms with E-state index in [4.69, 9.17) is 4.42 Å². The molecule has 49 heavy (non-hydrogen) atoms. The fourth-order valence-corrected chi connectivity index (χ4v) is 8.29. The van der Waals surface area contributed by atoms with E-state index in [0.29, 0.717) is 0 Å². The Balaban J connectivity index is 1.13. The van der Waals surface area contributed by atoms with Gasteiger partial charge in [0.2, 0.25) is 0 Å². The van der Waals surface area contributed by atoms with Gasteiger partial charge in [0, 0.05) is 10.8 Å². The smallest absolute Gasteiger partial charge is 0.136 e. The van der Waals surface area contributed by atoms with Crippen LogP contribution in [0.5, 0.6) is 0 Å². The van der Waals surface area contributed by atoms with Crippen molar-refractivity contribution in [3.63, 3.8) is 0 Å². The lowest BCUT2D eigenvalue weighted by Crippen LogP contribution is -1.90. The molecule has 0 radical (unpaired) electrons. The van der Waals surface area contributed by atoms with Crippen LogP contribution in [0.1, 0.15) is 0 Å². The molecule has 0 spiro atoms. The van der Waals surface area contributed by atoms with Crippen molar-refractivity contribution >= 4 is 75.8 Å². The van der Waals surface area contributed by atoms with Crippen LogP contribution in [0.2, 0.25) is 0 Å². The van der Waals surface area contributed by atoms with Crippen LogP contribution in [0.15, 0.2) is 174 Å². The van der Waals surface area contributed by atoms with Gasteiger partial charge in [0.05, 0.1) is 0 Å². The number of benzene rings is 10. The van der Waals surface area contributed by atoms with Crippen LogP contribution in [0.3, 0.4) is 0 Å². The lowest BCUT2D eigenvalue weighted by Gasteiger charge is -2.17. The molecular weight excluding hydrogens is 593 g/mol. The van der Waals surface area contributed by atoms with E-state index in [0.717, 1.165) is 27.5 Å². The first-order chi connectivity index (χ1) is 24.3. The van der Waals surface area contributed by atoms with Crippen molar-refractivity contribution in [2.24, 2.45) is 0 Å². The van der Waals surface area contributed by atoms with Gasteiger partial charge >= 0.3 is 0 Å². The number of para-hydroxylation sites is 1. The molecule has 0 amide bonds. The summed E-state index contributed by atoms with van der Waals surface area (Å²) in [5.74, 6) is 0. The normalized spacial score (nSPS) is 12.1. The topological polar surface area (TPSA) is 13.1 Å². The number of rotatable bonds is 3. The largest absolute Gasteiger partial charge is 0.456 e. The Bertz CT molecular complexity index is 3080. The van der Waals surface area contributed by atoms with Gasteiger partial charge in [-0.3, -0.25) is 0 Å². The van der Waals surface area contributed by atoms with E-state index >= 15 is 0 Å². The fourth-order valence-electron chi connectivity index (χ4n) is 8.29. The van der Waals surface area contributed by atoms with Crippen molar-refractivity contribution in [3.8, 4) is 33.4 Å². The van der Waals surface area contributed by atoms with Gasteiger partial charge in [-0.25, -0.2) is 0 Å². The maximum atomic E-state index is 6.30. The molecule has 1 nitrogen and oxygen atoms in total. The molecule has 0 unspecified atom stereocenters. The predicted molar refractivity (Wildman–Crippen MR) is 209 cm³/mol. The molecule has 1 heteroatoms. The second-order valence-electron chi connectivity index (χ2n) is 13.3. The number of hydrogen-bond donors (Lipinski definition) is 0. The second kappa shape index (κ2) is 10.0. The summed E-state index contributed by atoms with van der Waals surface area (Å²) in [5.41, 5.74) is 9.13. The Labute approximate surface area is 282 Å². The molecule has 0 aliphatic heterocycles. The summed E-state index contributed by atoms with van der Waals surface area (Å²) in [4.78, 5) is 0. The van der Waals surface area contributed by atoms with Gasteiger partial charge in [-0.15, -0.1) is 0 Å². The van der Waals surface area contributed by atoms with Crippen LogP contribution >= 0.6 is 0 Å². The second-order valence-corrected chi connectivity index (χ2v) is 13.3. The molecule has 1 heterocycles. The third-order valence-corrected chi connectivity index (χ3v) is 10.6. The molecule has 0 atom stereocenters. The van der Waals surface area contributed by atoms with Crippen molar-refractivity contribution in [3.05, 3.63) is 170 Å². The highest BCUT2D eigenvalue weighted by Gasteiger charge is 2.17. The van der Waals surface area contributed by atoms with Gasteiger partial charge < -0.3 is 4.42 Å². The Morgan fingerprint density at radius 1 is 0.265 bits per heavy atom. The van der Waals surface area contributed by atoms with Crippen LogP contribution in [-0.4, -0.2) is 0 Å². The summed E-state index contributed by atoms with van der Waals surface area (Å²) in [6.45, 7) is 0. The summed E-state index contributed by atoms with van der Waals surface area (Å²) < 4.78 is 6.30. The molecule has 0 saturated carbocycles. The number of fused-ring (bicyclic) bond motifs is 6. The molecule has 10 aromatic carbocycles. The van der Waals surface area contributed by atoms with E-state index in [1.807, 2.05) is 12.1 Å². The SMILES string of the molecule is c1ccc2c(-c3ccc(-c4cc5cccc6c7cccc8cc(-c9ccc%10c(c9)oc9ccccc9%10)cc(c(c4)c56)c87)cc3)cccc2c1. The minimum atomic E-state index is 0.919. The van der Waals surface area contributed by atoms with E-state index in [1.165, 1.54) is 81.7 Å². The summed E-state index contributed by atoms with van der Waals surface area (Å²) in [6, 6.07) is 62.2. The highest BCUT2D eigenvalue weighted by molar-refractivity contribution is 6.34. The van der Waals surface area contributed by atoms with Gasteiger partial charge in [-0.1, -0.05) is 127 Å². The van der Waals surface area contributed by atoms with Gasteiger partial charge in [-0.05, 0) is 130 Å². The molecule has 1 aromatic heterocycles. The van der Waals surface area contributed by atoms with Crippen LogP contribution in [0.25, 0.3) is 109 Å². The van der Waals surface area contributed by atoms with Crippen molar-refractivity contribution in [1.29, 1.82) is 0 Å². The average Bonchev–Trinajstić information content (AvgIpc) is 3.54.